The quantitative estimate of drug-likeness (QED) is 0.299. The van der Waals surface area contributed by atoms with E-state index in [1.54, 1.807) is 31.7 Å². The van der Waals surface area contributed by atoms with Crippen LogP contribution in [0.4, 0.5) is 14.5 Å². The fourth-order valence-electron chi connectivity index (χ4n) is 5.83. The monoisotopic (exact) mass is 555 g/mol. The summed E-state index contributed by atoms with van der Waals surface area (Å²) in [5.41, 5.74) is 8.31. The lowest BCUT2D eigenvalue weighted by Crippen LogP contribution is -2.43. The number of rotatable bonds is 7. The van der Waals surface area contributed by atoms with Gasteiger partial charge in [-0.1, -0.05) is 31.4 Å². The third kappa shape index (κ3) is 5.86. The van der Waals surface area contributed by atoms with Gasteiger partial charge < -0.3 is 11.1 Å². The molecular formula is C31H31F2N7O. The van der Waals surface area contributed by atoms with Gasteiger partial charge in [0.1, 0.15) is 35.7 Å². The van der Waals surface area contributed by atoms with Gasteiger partial charge in [0.2, 0.25) is 0 Å². The molecule has 4 atom stereocenters. The van der Waals surface area contributed by atoms with Crippen LogP contribution in [-0.2, 0) is 6.42 Å². The van der Waals surface area contributed by atoms with E-state index in [0.29, 0.717) is 17.7 Å². The van der Waals surface area contributed by atoms with Crippen molar-refractivity contribution < 1.29 is 13.6 Å². The van der Waals surface area contributed by atoms with Gasteiger partial charge in [0, 0.05) is 24.2 Å². The Morgan fingerprint density at radius 3 is 2.76 bits per heavy atom. The minimum atomic E-state index is -0.733. The molecule has 4 aromatic rings. The average molecular weight is 556 g/mol. The van der Waals surface area contributed by atoms with Crippen LogP contribution in [0.5, 0.6) is 0 Å². The van der Waals surface area contributed by atoms with E-state index in [-0.39, 0.29) is 47.3 Å². The maximum atomic E-state index is 14.9. The summed E-state index contributed by atoms with van der Waals surface area (Å²) in [5, 5.41) is 7.23. The van der Waals surface area contributed by atoms with Crippen LogP contribution in [0.2, 0.25) is 0 Å². The molecule has 1 saturated carbocycles. The highest BCUT2D eigenvalue weighted by Gasteiger charge is 2.38. The molecule has 0 aliphatic heterocycles. The Bertz CT molecular complexity index is 1600. The zero-order chi connectivity index (χ0) is 28.9. The lowest BCUT2D eigenvalue weighted by molar-refractivity contribution is 0.102. The fourth-order valence-corrected chi connectivity index (χ4v) is 5.83. The van der Waals surface area contributed by atoms with Gasteiger partial charge in [-0.3, -0.25) is 9.78 Å². The summed E-state index contributed by atoms with van der Waals surface area (Å²) in [7, 11) is 0. The highest BCUT2D eigenvalue weighted by Crippen LogP contribution is 2.44. The first-order valence-electron chi connectivity index (χ1n) is 13.6. The number of hydrogen-bond acceptors (Lipinski definition) is 6. The van der Waals surface area contributed by atoms with E-state index in [9.17, 15) is 13.6 Å². The molecule has 3 N–H and O–H groups in total. The van der Waals surface area contributed by atoms with Gasteiger partial charge in [-0.25, -0.2) is 23.4 Å². The smallest absolute Gasteiger partial charge is 0.274 e. The first kappa shape index (κ1) is 28.1. The van der Waals surface area contributed by atoms with E-state index in [1.807, 2.05) is 10.7 Å². The Kier molecular flexibility index (Phi) is 8.45. The number of carbonyl (C=O) groups is 1. The number of hydrogen-bond donors (Lipinski definition) is 2. The predicted molar refractivity (Wildman–Crippen MR) is 152 cm³/mol. The number of amides is 1. The molecule has 210 valence electrons. The van der Waals surface area contributed by atoms with Gasteiger partial charge in [0.25, 0.3) is 5.91 Å². The second kappa shape index (κ2) is 12.4. The molecule has 0 radical (unpaired) electrons. The van der Waals surface area contributed by atoms with Crippen molar-refractivity contribution in [3.05, 3.63) is 89.9 Å². The molecule has 10 heteroatoms. The van der Waals surface area contributed by atoms with Crippen LogP contribution in [0.15, 0.2) is 61.4 Å². The standard InChI is InChI=1S/C31H31F2N7O/c1-3-5-7-20-8-6-9-23(32)28(20)29-24(33)10-11-26(38-29)31(41)39-27-16-35-13-12-22(27)21-14-19(4-2)30(25(34)15-21)40-18-36-17-37-40/h6,8-13,16-19,21,25,30H,4,7,14-15,34H2,1-2H3,(H,39,41)/t19-,21+,25+,30-/m1/s1. The molecular weight excluding hydrogens is 524 g/mol. The number of nitrogens with two attached hydrogens (primary N) is 1. The molecule has 3 heterocycles. The number of carbonyl (C=O) groups excluding carboxylic acids is 1. The second-order valence-corrected chi connectivity index (χ2v) is 10.2. The Morgan fingerprint density at radius 1 is 1.15 bits per heavy atom. The Balaban J connectivity index is 1.42. The highest BCUT2D eigenvalue weighted by molar-refractivity contribution is 6.03. The zero-order valence-electron chi connectivity index (χ0n) is 22.9. The molecule has 1 fully saturated rings. The SMILES string of the molecule is CC#CCc1cccc(F)c1-c1nc(C(=O)Nc2cnccc2[C@H]2C[C@@H](CC)[C@@H](n3cncn3)[C@@H](N)C2)ccc1F. The van der Waals surface area contributed by atoms with E-state index in [1.165, 1.54) is 24.5 Å². The van der Waals surface area contributed by atoms with Gasteiger partial charge in [0.05, 0.1) is 17.9 Å². The van der Waals surface area contributed by atoms with Crippen molar-refractivity contribution in [2.24, 2.45) is 11.7 Å². The number of anilines is 1. The number of aromatic nitrogens is 5. The molecule has 1 amide bonds. The third-order valence-electron chi connectivity index (χ3n) is 7.75. The van der Waals surface area contributed by atoms with Gasteiger partial charge >= 0.3 is 0 Å². The lowest BCUT2D eigenvalue weighted by Gasteiger charge is -2.40. The minimum Gasteiger partial charge on any atom is -0.326 e. The Hall–Kier alpha value is -4.49. The summed E-state index contributed by atoms with van der Waals surface area (Å²) in [4.78, 5) is 26.0. The van der Waals surface area contributed by atoms with E-state index in [0.717, 1.165) is 24.5 Å². The van der Waals surface area contributed by atoms with E-state index in [4.69, 9.17) is 5.73 Å². The first-order chi connectivity index (χ1) is 19.9. The maximum Gasteiger partial charge on any atom is 0.274 e. The summed E-state index contributed by atoms with van der Waals surface area (Å²) < 4.78 is 31.7. The van der Waals surface area contributed by atoms with Gasteiger partial charge in [-0.15, -0.1) is 5.92 Å². The molecule has 1 aliphatic rings. The number of halogens is 2. The molecule has 0 saturated heterocycles. The second-order valence-electron chi connectivity index (χ2n) is 10.2. The Labute approximate surface area is 237 Å². The molecule has 41 heavy (non-hydrogen) atoms. The van der Waals surface area contributed by atoms with Crippen molar-refractivity contribution in [3.8, 4) is 23.1 Å². The van der Waals surface area contributed by atoms with Crippen LogP contribution in [0.25, 0.3) is 11.3 Å². The summed E-state index contributed by atoms with van der Waals surface area (Å²) in [6, 6.07) is 8.61. The van der Waals surface area contributed by atoms with Crippen molar-refractivity contribution in [1.29, 1.82) is 0 Å². The topological polar surface area (TPSA) is 112 Å². The van der Waals surface area contributed by atoms with Crippen LogP contribution in [0, 0.1) is 29.4 Å². The van der Waals surface area contributed by atoms with E-state index in [2.05, 4.69) is 44.1 Å². The molecule has 1 aliphatic carbocycles. The Morgan fingerprint density at radius 2 is 2.00 bits per heavy atom. The van der Waals surface area contributed by atoms with Crippen LogP contribution in [0.3, 0.4) is 0 Å². The van der Waals surface area contributed by atoms with Gasteiger partial charge in [-0.2, -0.15) is 5.10 Å². The fraction of sp³-hybridized carbons (Fsp3) is 0.323. The van der Waals surface area contributed by atoms with Crippen LogP contribution >= 0.6 is 0 Å². The van der Waals surface area contributed by atoms with Crippen molar-refractivity contribution >= 4 is 11.6 Å². The molecule has 0 bridgehead atoms. The number of pyridine rings is 2. The summed E-state index contributed by atoms with van der Waals surface area (Å²) in [6.07, 6.45) is 9.16. The van der Waals surface area contributed by atoms with Crippen molar-refractivity contribution in [1.82, 2.24) is 24.7 Å². The molecule has 1 aromatic carbocycles. The van der Waals surface area contributed by atoms with E-state index >= 15 is 0 Å². The molecule has 5 rings (SSSR count). The van der Waals surface area contributed by atoms with Crippen LogP contribution in [-0.4, -0.2) is 36.7 Å². The molecule has 3 aromatic heterocycles. The van der Waals surface area contributed by atoms with Gasteiger partial charge in [-0.05, 0) is 67.0 Å². The highest BCUT2D eigenvalue weighted by atomic mass is 19.1. The average Bonchev–Trinajstić information content (AvgIpc) is 3.51. The van der Waals surface area contributed by atoms with Crippen molar-refractivity contribution in [2.45, 2.75) is 57.5 Å². The van der Waals surface area contributed by atoms with Crippen molar-refractivity contribution in [2.75, 3.05) is 5.32 Å². The summed E-state index contributed by atoms with van der Waals surface area (Å²) >= 11 is 0. The molecule has 0 unspecified atom stereocenters. The summed E-state index contributed by atoms with van der Waals surface area (Å²) in [6.45, 7) is 3.81. The van der Waals surface area contributed by atoms with Crippen LogP contribution in [0.1, 0.15) is 66.7 Å². The third-order valence-corrected chi connectivity index (χ3v) is 7.75. The van der Waals surface area contributed by atoms with Crippen molar-refractivity contribution in [3.63, 3.8) is 0 Å². The molecule has 8 nitrogen and oxygen atoms in total. The lowest BCUT2D eigenvalue weighted by atomic mass is 9.71. The van der Waals surface area contributed by atoms with E-state index < -0.39 is 17.5 Å². The summed E-state index contributed by atoms with van der Waals surface area (Å²) in [5.74, 6) is 4.05. The first-order valence-corrected chi connectivity index (χ1v) is 13.6. The minimum absolute atomic E-state index is 0.00629. The van der Waals surface area contributed by atoms with Crippen LogP contribution < -0.4 is 11.1 Å². The largest absolute Gasteiger partial charge is 0.326 e. The predicted octanol–water partition coefficient (Wildman–Crippen LogP) is 5.30. The number of nitrogens with one attached hydrogen (secondary N) is 1. The number of benzene rings is 1. The molecule has 0 spiro atoms. The number of nitrogens with zero attached hydrogens (tertiary/aromatic N) is 5. The maximum absolute atomic E-state index is 14.9. The van der Waals surface area contributed by atoms with Gasteiger partial charge in [0.15, 0.2) is 0 Å². The normalized spacial score (nSPS) is 20.2. The zero-order valence-corrected chi connectivity index (χ0v) is 22.9.